The second-order valence-corrected chi connectivity index (χ2v) is 8.49. The zero-order valence-electron chi connectivity index (χ0n) is 20.5. The highest BCUT2D eigenvalue weighted by Gasteiger charge is 2.26. The number of amides is 2. The van der Waals surface area contributed by atoms with Crippen molar-refractivity contribution in [1.29, 1.82) is 0 Å². The van der Waals surface area contributed by atoms with E-state index < -0.39 is 24.0 Å². The third kappa shape index (κ3) is 7.67. The molecule has 0 aliphatic rings. The summed E-state index contributed by atoms with van der Waals surface area (Å²) in [5.74, 6) is -0.126. The first kappa shape index (κ1) is 26.4. The first-order valence-electron chi connectivity index (χ1n) is 12.0. The van der Waals surface area contributed by atoms with E-state index in [0.717, 1.165) is 5.56 Å². The van der Waals surface area contributed by atoms with E-state index in [9.17, 15) is 19.8 Å². The molecular formula is C30H28N2O6. The van der Waals surface area contributed by atoms with Gasteiger partial charge in [0.15, 0.2) is 6.10 Å². The lowest BCUT2D eigenvalue weighted by molar-refractivity contribution is -0.134. The van der Waals surface area contributed by atoms with Gasteiger partial charge < -0.3 is 30.3 Å². The van der Waals surface area contributed by atoms with Gasteiger partial charge in [0.05, 0.1) is 13.2 Å². The number of anilines is 1. The van der Waals surface area contributed by atoms with Crippen molar-refractivity contribution < 1.29 is 29.3 Å². The van der Waals surface area contributed by atoms with Crippen LogP contribution in [0, 0.1) is 0 Å². The van der Waals surface area contributed by atoms with Crippen LogP contribution in [0.15, 0.2) is 109 Å². The van der Waals surface area contributed by atoms with E-state index >= 15 is 0 Å². The monoisotopic (exact) mass is 512 g/mol. The molecule has 0 heterocycles. The SMILES string of the molecule is O=C(Nc1ccc(Oc2ccccc2)cc1)C(COCc1ccccc1)NC(=O)C(O)c1cccc(O)c1. The Labute approximate surface area is 220 Å². The summed E-state index contributed by atoms with van der Waals surface area (Å²) in [7, 11) is 0. The third-order valence-electron chi connectivity index (χ3n) is 5.56. The highest BCUT2D eigenvalue weighted by atomic mass is 16.5. The zero-order chi connectivity index (χ0) is 26.7. The van der Waals surface area contributed by atoms with Gasteiger partial charge in [-0.25, -0.2) is 0 Å². The molecule has 4 aromatic rings. The van der Waals surface area contributed by atoms with Crippen LogP contribution in [0.2, 0.25) is 0 Å². The average Bonchev–Trinajstić information content (AvgIpc) is 2.94. The summed E-state index contributed by atoms with van der Waals surface area (Å²) in [6.07, 6.45) is -1.58. The minimum Gasteiger partial charge on any atom is -0.508 e. The van der Waals surface area contributed by atoms with Crippen LogP contribution in [0.3, 0.4) is 0 Å². The number of rotatable bonds is 11. The molecule has 4 aromatic carbocycles. The molecule has 8 heteroatoms. The van der Waals surface area contributed by atoms with Crippen molar-refractivity contribution in [2.75, 3.05) is 11.9 Å². The van der Waals surface area contributed by atoms with Crippen LogP contribution in [-0.4, -0.2) is 34.7 Å². The second-order valence-electron chi connectivity index (χ2n) is 8.49. The first-order valence-corrected chi connectivity index (χ1v) is 12.0. The number of phenolic OH excluding ortho intramolecular Hbond substituents is 1. The Balaban J connectivity index is 1.41. The number of aliphatic hydroxyl groups is 1. The third-order valence-corrected chi connectivity index (χ3v) is 5.56. The fourth-order valence-electron chi connectivity index (χ4n) is 3.61. The Kier molecular flexibility index (Phi) is 9.07. The van der Waals surface area contributed by atoms with Crippen molar-refractivity contribution in [3.63, 3.8) is 0 Å². The van der Waals surface area contributed by atoms with E-state index in [1.807, 2.05) is 60.7 Å². The van der Waals surface area contributed by atoms with Crippen molar-refractivity contribution in [2.45, 2.75) is 18.8 Å². The number of hydrogen-bond donors (Lipinski definition) is 4. The molecule has 2 amide bonds. The van der Waals surface area contributed by atoms with Gasteiger partial charge in [0.1, 0.15) is 23.3 Å². The summed E-state index contributed by atoms with van der Waals surface area (Å²) in [4.78, 5) is 25.9. The molecule has 0 saturated carbocycles. The zero-order valence-corrected chi connectivity index (χ0v) is 20.5. The number of hydrogen-bond acceptors (Lipinski definition) is 6. The lowest BCUT2D eigenvalue weighted by Gasteiger charge is -2.21. The maximum absolute atomic E-state index is 13.1. The number of carbonyl (C=O) groups excluding carboxylic acids is 2. The van der Waals surface area contributed by atoms with Crippen LogP contribution in [0.1, 0.15) is 17.2 Å². The van der Waals surface area contributed by atoms with Gasteiger partial charge in [0.25, 0.3) is 5.91 Å². The van der Waals surface area contributed by atoms with Gasteiger partial charge in [0, 0.05) is 5.69 Å². The van der Waals surface area contributed by atoms with Crippen molar-refractivity contribution in [3.05, 3.63) is 120 Å². The molecule has 4 rings (SSSR count). The van der Waals surface area contributed by atoms with Crippen molar-refractivity contribution in [1.82, 2.24) is 5.32 Å². The van der Waals surface area contributed by atoms with Crippen molar-refractivity contribution in [3.8, 4) is 17.2 Å². The largest absolute Gasteiger partial charge is 0.508 e. The molecule has 2 atom stereocenters. The molecule has 4 N–H and O–H groups in total. The Morgan fingerprint density at radius 2 is 1.42 bits per heavy atom. The highest BCUT2D eigenvalue weighted by molar-refractivity contribution is 5.98. The maximum atomic E-state index is 13.1. The number of para-hydroxylation sites is 1. The molecule has 8 nitrogen and oxygen atoms in total. The smallest absolute Gasteiger partial charge is 0.254 e. The van der Waals surface area contributed by atoms with Gasteiger partial charge in [-0.15, -0.1) is 0 Å². The van der Waals surface area contributed by atoms with Gasteiger partial charge in [-0.2, -0.15) is 0 Å². The number of carbonyl (C=O) groups is 2. The number of nitrogens with one attached hydrogen (secondary N) is 2. The predicted octanol–water partition coefficient (Wildman–Crippen LogP) is 4.56. The van der Waals surface area contributed by atoms with Gasteiger partial charge in [-0.1, -0.05) is 60.7 Å². The molecule has 0 bridgehead atoms. The molecule has 0 fully saturated rings. The number of phenols is 1. The summed E-state index contributed by atoms with van der Waals surface area (Å²) >= 11 is 0. The molecule has 0 saturated heterocycles. The fraction of sp³-hybridized carbons (Fsp3) is 0.133. The summed E-state index contributed by atoms with van der Waals surface area (Å²) in [5.41, 5.74) is 1.60. The molecule has 0 aliphatic carbocycles. The number of ether oxygens (including phenoxy) is 2. The van der Waals surface area contributed by atoms with E-state index in [1.54, 1.807) is 24.3 Å². The van der Waals surface area contributed by atoms with E-state index in [0.29, 0.717) is 17.2 Å². The minimum atomic E-state index is -1.58. The van der Waals surface area contributed by atoms with E-state index in [1.165, 1.54) is 24.3 Å². The van der Waals surface area contributed by atoms with E-state index in [2.05, 4.69) is 10.6 Å². The Bertz CT molecular complexity index is 1330. The second kappa shape index (κ2) is 13.0. The lowest BCUT2D eigenvalue weighted by atomic mass is 10.1. The summed E-state index contributed by atoms with van der Waals surface area (Å²) in [5, 5.41) is 25.5. The molecule has 0 radical (unpaired) electrons. The van der Waals surface area contributed by atoms with Crippen LogP contribution in [0.5, 0.6) is 17.2 Å². The van der Waals surface area contributed by atoms with Gasteiger partial charge in [-0.05, 0) is 59.7 Å². The molecule has 194 valence electrons. The van der Waals surface area contributed by atoms with Crippen LogP contribution in [-0.2, 0) is 20.9 Å². The van der Waals surface area contributed by atoms with Crippen LogP contribution in [0.4, 0.5) is 5.69 Å². The maximum Gasteiger partial charge on any atom is 0.254 e. The molecular weight excluding hydrogens is 484 g/mol. The topological polar surface area (TPSA) is 117 Å². The predicted molar refractivity (Wildman–Crippen MR) is 143 cm³/mol. The van der Waals surface area contributed by atoms with Gasteiger partial charge >= 0.3 is 0 Å². The Morgan fingerprint density at radius 3 is 2.11 bits per heavy atom. The summed E-state index contributed by atoms with van der Waals surface area (Å²) in [6.45, 7) is 0.107. The summed E-state index contributed by atoms with van der Waals surface area (Å²) in [6, 6.07) is 30.2. The highest BCUT2D eigenvalue weighted by Crippen LogP contribution is 2.23. The normalized spacial score (nSPS) is 12.2. The van der Waals surface area contributed by atoms with Gasteiger partial charge in [-0.3, -0.25) is 9.59 Å². The molecule has 38 heavy (non-hydrogen) atoms. The molecule has 0 aromatic heterocycles. The van der Waals surface area contributed by atoms with Crippen molar-refractivity contribution >= 4 is 17.5 Å². The average molecular weight is 513 g/mol. The van der Waals surface area contributed by atoms with Gasteiger partial charge in [0.2, 0.25) is 5.91 Å². The fourth-order valence-corrected chi connectivity index (χ4v) is 3.61. The standard InChI is InChI=1S/C30H28N2O6/c33-24-11-7-10-22(18-24)28(34)30(36)32-27(20-37-19-21-8-3-1-4-9-21)29(35)31-23-14-16-26(17-15-23)38-25-12-5-2-6-13-25/h1-18,27-28,33-34H,19-20H2,(H,31,35)(H,32,36). The molecule has 0 aliphatic heterocycles. The van der Waals surface area contributed by atoms with Crippen molar-refractivity contribution in [2.24, 2.45) is 0 Å². The minimum absolute atomic E-state index is 0.0884. The Hall–Kier alpha value is -4.66. The number of aliphatic hydroxyl groups excluding tert-OH is 1. The van der Waals surface area contributed by atoms with Crippen LogP contribution < -0.4 is 15.4 Å². The van der Waals surface area contributed by atoms with Crippen LogP contribution >= 0.6 is 0 Å². The van der Waals surface area contributed by atoms with Crippen LogP contribution in [0.25, 0.3) is 0 Å². The number of benzene rings is 4. The quantitative estimate of drug-likeness (QED) is 0.234. The summed E-state index contributed by atoms with van der Waals surface area (Å²) < 4.78 is 11.5. The van der Waals surface area contributed by atoms with E-state index in [-0.39, 0.29) is 24.5 Å². The lowest BCUT2D eigenvalue weighted by Crippen LogP contribution is -2.48. The first-order chi connectivity index (χ1) is 18.5. The molecule has 2 unspecified atom stereocenters. The van der Waals surface area contributed by atoms with E-state index in [4.69, 9.17) is 9.47 Å². The Morgan fingerprint density at radius 1 is 0.763 bits per heavy atom. The molecule has 0 spiro atoms. The number of aromatic hydroxyl groups is 1.